The molecule has 0 unspecified atom stereocenters. The van der Waals surface area contributed by atoms with Crippen LogP contribution in [0.5, 0.6) is 5.75 Å². The van der Waals surface area contributed by atoms with Gasteiger partial charge in [0.15, 0.2) is 0 Å². The summed E-state index contributed by atoms with van der Waals surface area (Å²) in [5.41, 5.74) is 0.613. The van der Waals surface area contributed by atoms with E-state index in [9.17, 15) is 9.90 Å². The predicted molar refractivity (Wildman–Crippen MR) is 78.4 cm³/mol. The molecule has 0 aliphatic carbocycles. The topological polar surface area (TPSA) is 52.6 Å². The highest BCUT2D eigenvalue weighted by atomic mass is 16.3. The van der Waals surface area contributed by atoms with E-state index in [2.05, 4.69) is 33.0 Å². The number of phenolic OH excluding ortho intramolecular Hbond substituents is 1. The Morgan fingerprint density at radius 2 is 1.79 bits per heavy atom. The van der Waals surface area contributed by atoms with E-state index in [1.807, 2.05) is 4.90 Å². The highest BCUT2D eigenvalue weighted by Crippen LogP contribution is 2.16. The normalized spacial score (nSPS) is 10.8. The smallest absolute Gasteiger partial charge is 0.321 e. The van der Waals surface area contributed by atoms with Crippen LogP contribution in [0.1, 0.15) is 27.7 Å². The second-order valence-electron chi connectivity index (χ2n) is 5.67. The molecule has 0 fully saturated rings. The number of hydrogen-bond acceptors (Lipinski definition) is 2. The van der Waals surface area contributed by atoms with E-state index in [0.29, 0.717) is 17.5 Å². The van der Waals surface area contributed by atoms with E-state index >= 15 is 0 Å². The van der Waals surface area contributed by atoms with Crippen LogP contribution in [0, 0.1) is 11.8 Å². The molecule has 0 aliphatic heterocycles. The lowest BCUT2D eigenvalue weighted by molar-refractivity contribution is 0.196. The highest BCUT2D eigenvalue weighted by molar-refractivity contribution is 5.89. The number of carbonyl (C=O) groups is 1. The van der Waals surface area contributed by atoms with E-state index in [-0.39, 0.29) is 11.8 Å². The van der Waals surface area contributed by atoms with Crippen LogP contribution in [-0.2, 0) is 0 Å². The summed E-state index contributed by atoms with van der Waals surface area (Å²) in [5.74, 6) is 0.999. The van der Waals surface area contributed by atoms with E-state index in [4.69, 9.17) is 0 Å². The van der Waals surface area contributed by atoms with Crippen LogP contribution in [0.2, 0.25) is 0 Å². The molecule has 0 saturated heterocycles. The van der Waals surface area contributed by atoms with Crippen LogP contribution < -0.4 is 5.32 Å². The lowest BCUT2D eigenvalue weighted by Crippen LogP contribution is -2.39. The fourth-order valence-corrected chi connectivity index (χ4v) is 1.91. The molecule has 4 nitrogen and oxygen atoms in total. The standard InChI is InChI=1S/C15H24N2O2/c1-11(2)9-17(10-12(3)4)15(19)16-13-6-5-7-14(18)8-13/h5-8,11-12,18H,9-10H2,1-4H3,(H,16,19). The van der Waals surface area contributed by atoms with Gasteiger partial charge in [0.2, 0.25) is 0 Å². The number of carbonyl (C=O) groups excluding carboxylic acids is 1. The quantitative estimate of drug-likeness (QED) is 0.854. The number of benzene rings is 1. The minimum atomic E-state index is -0.118. The van der Waals surface area contributed by atoms with Crippen molar-refractivity contribution in [3.8, 4) is 5.75 Å². The Bertz CT molecular complexity index is 406. The summed E-state index contributed by atoms with van der Waals surface area (Å²) < 4.78 is 0. The molecule has 1 aromatic carbocycles. The van der Waals surface area contributed by atoms with Gasteiger partial charge in [-0.05, 0) is 24.0 Å². The van der Waals surface area contributed by atoms with Crippen LogP contribution in [0.4, 0.5) is 10.5 Å². The van der Waals surface area contributed by atoms with Gasteiger partial charge in [-0.25, -0.2) is 4.79 Å². The van der Waals surface area contributed by atoms with Gasteiger partial charge in [0.05, 0.1) is 0 Å². The fourth-order valence-electron chi connectivity index (χ4n) is 1.91. The van der Waals surface area contributed by atoms with E-state index in [0.717, 1.165) is 13.1 Å². The van der Waals surface area contributed by atoms with Crippen molar-refractivity contribution < 1.29 is 9.90 Å². The third kappa shape index (κ3) is 5.64. The number of aromatic hydroxyl groups is 1. The molecule has 0 aromatic heterocycles. The molecule has 2 amide bonds. The molecule has 0 heterocycles. The number of amides is 2. The lowest BCUT2D eigenvalue weighted by Gasteiger charge is -2.26. The Labute approximate surface area is 115 Å². The second kappa shape index (κ2) is 7.02. The Kier molecular flexibility index (Phi) is 5.67. The summed E-state index contributed by atoms with van der Waals surface area (Å²) in [7, 11) is 0. The highest BCUT2D eigenvalue weighted by Gasteiger charge is 2.16. The molecule has 106 valence electrons. The summed E-state index contributed by atoms with van der Waals surface area (Å²) in [5, 5.41) is 12.2. The molecule has 0 bridgehead atoms. The first-order valence-corrected chi connectivity index (χ1v) is 6.73. The monoisotopic (exact) mass is 264 g/mol. The molecule has 0 atom stereocenters. The van der Waals surface area contributed by atoms with E-state index in [1.54, 1.807) is 24.3 Å². The number of nitrogens with zero attached hydrogens (tertiary/aromatic N) is 1. The summed E-state index contributed by atoms with van der Waals surface area (Å²) in [4.78, 5) is 14.0. The van der Waals surface area contributed by atoms with Gasteiger partial charge in [-0.15, -0.1) is 0 Å². The minimum Gasteiger partial charge on any atom is -0.508 e. The number of urea groups is 1. The zero-order valence-electron chi connectivity index (χ0n) is 12.2. The first-order valence-electron chi connectivity index (χ1n) is 6.73. The first kappa shape index (κ1) is 15.3. The number of rotatable bonds is 5. The van der Waals surface area contributed by atoms with Crippen molar-refractivity contribution in [3.05, 3.63) is 24.3 Å². The Morgan fingerprint density at radius 1 is 1.21 bits per heavy atom. The Hall–Kier alpha value is -1.71. The van der Waals surface area contributed by atoms with Crippen molar-refractivity contribution in [2.75, 3.05) is 18.4 Å². The van der Waals surface area contributed by atoms with Crippen LogP contribution >= 0.6 is 0 Å². The third-order valence-corrected chi connectivity index (χ3v) is 2.56. The molecule has 0 aliphatic rings. The van der Waals surface area contributed by atoms with E-state index in [1.165, 1.54) is 0 Å². The van der Waals surface area contributed by atoms with Crippen molar-refractivity contribution in [2.45, 2.75) is 27.7 Å². The molecule has 0 saturated carbocycles. The van der Waals surface area contributed by atoms with Gasteiger partial charge < -0.3 is 15.3 Å². The second-order valence-corrected chi connectivity index (χ2v) is 5.67. The molecular weight excluding hydrogens is 240 g/mol. The van der Waals surface area contributed by atoms with Gasteiger partial charge in [-0.3, -0.25) is 0 Å². The average molecular weight is 264 g/mol. The van der Waals surface area contributed by atoms with Crippen LogP contribution in [0.3, 0.4) is 0 Å². The van der Waals surface area contributed by atoms with E-state index < -0.39 is 0 Å². The molecule has 4 heteroatoms. The number of nitrogens with one attached hydrogen (secondary N) is 1. The van der Waals surface area contributed by atoms with Gasteiger partial charge in [-0.2, -0.15) is 0 Å². The van der Waals surface area contributed by atoms with Crippen molar-refractivity contribution in [1.82, 2.24) is 4.90 Å². The van der Waals surface area contributed by atoms with Crippen LogP contribution in [-0.4, -0.2) is 29.1 Å². The minimum absolute atomic E-state index is 0.118. The van der Waals surface area contributed by atoms with Crippen LogP contribution in [0.15, 0.2) is 24.3 Å². The van der Waals surface area contributed by atoms with Gasteiger partial charge in [-0.1, -0.05) is 33.8 Å². The van der Waals surface area contributed by atoms with Gasteiger partial charge >= 0.3 is 6.03 Å². The van der Waals surface area contributed by atoms with Crippen molar-refractivity contribution >= 4 is 11.7 Å². The number of phenols is 1. The maximum atomic E-state index is 12.2. The lowest BCUT2D eigenvalue weighted by atomic mass is 10.1. The predicted octanol–water partition coefficient (Wildman–Crippen LogP) is 3.54. The SMILES string of the molecule is CC(C)CN(CC(C)C)C(=O)Nc1cccc(O)c1. The van der Waals surface area contributed by atoms with Gasteiger partial charge in [0, 0.05) is 24.8 Å². The van der Waals surface area contributed by atoms with Crippen molar-refractivity contribution in [1.29, 1.82) is 0 Å². The van der Waals surface area contributed by atoms with Crippen LogP contribution in [0.25, 0.3) is 0 Å². The molecule has 2 N–H and O–H groups in total. The summed E-state index contributed by atoms with van der Waals surface area (Å²) in [6, 6.07) is 6.48. The molecule has 0 spiro atoms. The largest absolute Gasteiger partial charge is 0.508 e. The maximum Gasteiger partial charge on any atom is 0.321 e. The van der Waals surface area contributed by atoms with Crippen molar-refractivity contribution in [2.24, 2.45) is 11.8 Å². The third-order valence-electron chi connectivity index (χ3n) is 2.56. The summed E-state index contributed by atoms with van der Waals surface area (Å²) in [6.07, 6.45) is 0. The maximum absolute atomic E-state index is 12.2. The number of hydrogen-bond donors (Lipinski definition) is 2. The first-order chi connectivity index (χ1) is 8.88. The zero-order valence-corrected chi connectivity index (χ0v) is 12.2. The molecular formula is C15H24N2O2. The summed E-state index contributed by atoms with van der Waals surface area (Å²) >= 11 is 0. The number of anilines is 1. The zero-order chi connectivity index (χ0) is 14.4. The molecule has 19 heavy (non-hydrogen) atoms. The average Bonchev–Trinajstić information content (AvgIpc) is 2.26. The Morgan fingerprint density at radius 3 is 2.26 bits per heavy atom. The van der Waals surface area contributed by atoms with Gasteiger partial charge in [0.25, 0.3) is 0 Å². The summed E-state index contributed by atoms with van der Waals surface area (Å²) in [6.45, 7) is 9.82. The van der Waals surface area contributed by atoms with Gasteiger partial charge in [0.1, 0.15) is 5.75 Å². The fraction of sp³-hybridized carbons (Fsp3) is 0.533. The Balaban J connectivity index is 2.70. The molecule has 0 radical (unpaired) electrons. The molecule has 1 rings (SSSR count). The van der Waals surface area contributed by atoms with Crippen molar-refractivity contribution in [3.63, 3.8) is 0 Å². The molecule has 1 aromatic rings.